The molecule has 8 heterocycles. The predicted molar refractivity (Wildman–Crippen MR) is 316 cm³/mol. The van der Waals surface area contributed by atoms with E-state index in [9.17, 15) is 29.8 Å². The van der Waals surface area contributed by atoms with Gasteiger partial charge in [0, 0.05) is 108 Å². The zero-order valence-electron chi connectivity index (χ0n) is 46.8. The van der Waals surface area contributed by atoms with Crippen molar-refractivity contribution in [3.63, 3.8) is 0 Å². The van der Waals surface area contributed by atoms with Crippen molar-refractivity contribution in [3.8, 4) is 0 Å². The van der Waals surface area contributed by atoms with E-state index in [-0.39, 0.29) is 82.1 Å². The largest absolute Gasteiger partial charge is 1.00 e. The van der Waals surface area contributed by atoms with Gasteiger partial charge in [-0.15, -0.1) is 141 Å². The van der Waals surface area contributed by atoms with E-state index in [1.54, 1.807) is 141 Å². The van der Waals surface area contributed by atoms with Crippen LogP contribution >= 0.6 is 141 Å². The summed E-state index contributed by atoms with van der Waals surface area (Å²) in [5.41, 5.74) is 3.07. The minimum Gasteiger partial charge on any atom is -0.545 e. The van der Waals surface area contributed by atoms with Gasteiger partial charge in [0.25, 0.3) is 5.91 Å². The first-order valence-electron chi connectivity index (χ1n) is 24.9. The molecule has 1 N–H and O–H groups in total. The number of amides is 2. The molecule has 0 aliphatic carbocycles. The maximum Gasteiger partial charge on any atom is 1.00 e. The number of fused-ring (bicyclic) bond motifs is 6. The molecular formula is C53H61N3Na2O7S12. The van der Waals surface area contributed by atoms with Crippen molar-refractivity contribution in [2.24, 2.45) is 5.92 Å². The van der Waals surface area contributed by atoms with Crippen LogP contribution in [-0.2, 0) is 4.79 Å². The number of nitrogens with zero attached hydrogens (tertiary/aromatic N) is 3. The van der Waals surface area contributed by atoms with Crippen LogP contribution in [0.5, 0.6) is 0 Å². The summed E-state index contributed by atoms with van der Waals surface area (Å²) in [6.45, 7) is 35.4. The number of rotatable bonds is 7. The van der Waals surface area contributed by atoms with Crippen LogP contribution in [0.25, 0.3) is 0 Å². The first-order chi connectivity index (χ1) is 34.4. The molecule has 8 aliphatic rings. The summed E-state index contributed by atoms with van der Waals surface area (Å²) >= 11 is 20.2. The number of carbonyl (C=O) groups is 4. The van der Waals surface area contributed by atoms with Gasteiger partial charge in [-0.05, 0) is 134 Å². The van der Waals surface area contributed by atoms with Crippen molar-refractivity contribution in [3.05, 3.63) is 33.4 Å². The van der Waals surface area contributed by atoms with Crippen LogP contribution in [0, 0.1) is 5.92 Å². The summed E-state index contributed by atoms with van der Waals surface area (Å²) in [5, 5.41) is 39.8. The first kappa shape index (κ1) is 63.2. The van der Waals surface area contributed by atoms with E-state index >= 15 is 4.79 Å². The number of carbonyl (C=O) groups excluding carboxylic acids is 4. The molecule has 77 heavy (non-hydrogen) atoms. The van der Waals surface area contributed by atoms with E-state index in [0.29, 0.717) is 38.2 Å². The van der Waals surface area contributed by atoms with Crippen LogP contribution in [0.15, 0.2) is 58.7 Å². The minimum atomic E-state index is -1.19. The van der Waals surface area contributed by atoms with Crippen molar-refractivity contribution in [2.45, 2.75) is 217 Å². The second-order valence-corrected chi connectivity index (χ2v) is 45.2. The van der Waals surface area contributed by atoms with Crippen molar-refractivity contribution in [2.75, 3.05) is 26.2 Å². The third-order valence-corrected chi connectivity index (χ3v) is 31.7. The van der Waals surface area contributed by atoms with Gasteiger partial charge in [0.05, 0.1) is 53.4 Å². The van der Waals surface area contributed by atoms with E-state index in [4.69, 9.17) is 0 Å². The summed E-state index contributed by atoms with van der Waals surface area (Å²) < 4.78 is -2.49. The molecule has 24 heteroatoms. The van der Waals surface area contributed by atoms with Crippen LogP contribution in [0.4, 0.5) is 0 Å². The molecule has 2 amide bonds. The number of carboxylic acid groups (broad SMARTS) is 2. The van der Waals surface area contributed by atoms with Crippen molar-refractivity contribution < 1.29 is 93.7 Å². The zero-order chi connectivity index (χ0) is 54.6. The second kappa shape index (κ2) is 20.9. The maximum atomic E-state index is 15.8. The van der Waals surface area contributed by atoms with Gasteiger partial charge in [0.15, 0.2) is 0 Å². The third-order valence-electron chi connectivity index (χ3n) is 14.6. The Kier molecular flexibility index (Phi) is 17.2. The van der Waals surface area contributed by atoms with E-state index < -0.39 is 59.3 Å². The average molecular weight is 1280 g/mol. The molecule has 11 rings (SSSR count). The number of hydrogen-bond acceptors (Lipinski definition) is 20. The zero-order valence-corrected chi connectivity index (χ0v) is 60.6. The molecule has 404 valence electrons. The first-order valence-corrected chi connectivity index (χ1v) is 34.7. The Labute approximate surface area is 549 Å². The van der Waals surface area contributed by atoms with E-state index in [2.05, 4.69) is 83.1 Å². The molecule has 2 saturated heterocycles. The average Bonchev–Trinajstić information content (AvgIpc) is 4.11. The number of benzene rings is 3. The van der Waals surface area contributed by atoms with Gasteiger partial charge >= 0.3 is 59.1 Å². The Balaban J connectivity index is 0.00000361. The molecule has 3 aromatic rings. The summed E-state index contributed by atoms with van der Waals surface area (Å²) in [6, 6.07) is 0. The van der Waals surface area contributed by atoms with Crippen LogP contribution in [0.3, 0.4) is 0 Å². The third kappa shape index (κ3) is 10.8. The Hall–Kier alpha value is 1.66. The normalized spacial score (nSPS) is 24.6. The van der Waals surface area contributed by atoms with Gasteiger partial charge < -0.3 is 34.8 Å². The minimum absolute atomic E-state index is 0. The number of carboxylic acids is 2. The monoisotopic (exact) mass is 1280 g/mol. The summed E-state index contributed by atoms with van der Waals surface area (Å²) in [7, 11) is 0. The van der Waals surface area contributed by atoms with Gasteiger partial charge in [-0.2, -0.15) is 5.06 Å². The van der Waals surface area contributed by atoms with Gasteiger partial charge in [0.2, 0.25) is 5.91 Å². The van der Waals surface area contributed by atoms with E-state index in [1.807, 2.05) is 37.5 Å². The number of hydroxylamine groups is 2. The molecule has 1 unspecified atom stereocenters. The van der Waals surface area contributed by atoms with Crippen molar-refractivity contribution in [1.82, 2.24) is 14.9 Å². The molecule has 0 aromatic heterocycles. The Morgan fingerprint density at radius 1 is 0.429 bits per heavy atom. The number of thioether (sulfide) groups is 12. The summed E-state index contributed by atoms with van der Waals surface area (Å²) in [4.78, 5) is 71.7. The van der Waals surface area contributed by atoms with Crippen molar-refractivity contribution in [1.29, 1.82) is 0 Å². The number of aromatic carboxylic acids is 2. The molecule has 0 radical (unpaired) electrons. The predicted octanol–water partition coefficient (Wildman–Crippen LogP) is 7.76. The fourth-order valence-electron chi connectivity index (χ4n) is 11.7. The molecule has 0 saturated carbocycles. The molecule has 8 aliphatic heterocycles. The van der Waals surface area contributed by atoms with Crippen LogP contribution < -0.4 is 69.3 Å². The SMILES string of the molecule is CC1(C)Sc2c(c(C(c3c4c(c(C(=O)[O-])c5c3SC(C)(C)S5)SC(C)(C)S4)c3c4c(c(C(=O)N5CCN(C(=O)C6CC(C)(C)N(O)C6(C)C)CC5)c5c3SC(C)(C)S5)SC(C)(C)S4)c3c(c2C(=O)[O-])SC(C)(C)S3)S1.[Na+].[Na+]. The Morgan fingerprint density at radius 2 is 0.675 bits per heavy atom. The second-order valence-electron chi connectivity index (χ2n) is 24.1. The number of piperazine rings is 1. The summed E-state index contributed by atoms with van der Waals surface area (Å²) in [5.74, 6) is -3.35. The molecule has 1 atom stereocenters. The van der Waals surface area contributed by atoms with Gasteiger partial charge in [0.1, 0.15) is 0 Å². The van der Waals surface area contributed by atoms with Gasteiger partial charge in [-0.3, -0.25) is 9.59 Å². The molecule has 0 bridgehead atoms. The van der Waals surface area contributed by atoms with Crippen LogP contribution in [0.2, 0.25) is 0 Å². The van der Waals surface area contributed by atoms with Gasteiger partial charge in [-0.25, -0.2) is 0 Å². The Morgan fingerprint density at radius 3 is 0.922 bits per heavy atom. The molecular weight excluding hydrogens is 1220 g/mol. The Bertz CT molecular complexity index is 2890. The van der Waals surface area contributed by atoms with E-state index in [1.165, 1.54) is 5.06 Å². The van der Waals surface area contributed by atoms with Gasteiger partial charge in [-0.1, -0.05) is 0 Å². The fourth-order valence-corrected chi connectivity index (χ4v) is 29.6. The standard InChI is InChI=1S/C53H63N3O7S12.2Na/c1-46(2)21-22(47(3,4)56(46)63)42(57)54-17-19-55(20-18-54)43(58)27-36-30(64-48(5,6)70-36)24(31-37(27)71-49(7,8)65-31)23(25-32-38(72-50(9,10)66-32)28(44(59)60)39-33(25)67-51(11,12)73-39)26-34-40(74-52(13,14)68-34)29(45(61)62)41-35(26)69-53(15,16)75-41;;/h22-23,63H,17-21H2,1-16H3,(H,59,60)(H,61,62);;/q;2*+1/p-2. The smallest absolute Gasteiger partial charge is 0.545 e. The molecule has 3 aromatic carbocycles. The molecule has 2 fully saturated rings. The topological polar surface area (TPSA) is 144 Å². The fraction of sp³-hybridized carbons (Fsp3) is 0.585. The summed E-state index contributed by atoms with van der Waals surface area (Å²) in [6.07, 6.45) is 0.531. The quantitative estimate of drug-likeness (QED) is 0.182. The van der Waals surface area contributed by atoms with Crippen LogP contribution in [0.1, 0.15) is 171 Å². The maximum absolute atomic E-state index is 15.8. The molecule has 10 nitrogen and oxygen atoms in total. The number of hydrogen-bond donors (Lipinski definition) is 1. The van der Waals surface area contributed by atoms with E-state index in [0.717, 1.165) is 75.4 Å². The molecule has 0 spiro atoms. The van der Waals surface area contributed by atoms with Crippen molar-refractivity contribution >= 4 is 165 Å². The van der Waals surface area contributed by atoms with Crippen LogP contribution in [-0.4, -0.2) is 106 Å².